The van der Waals surface area contributed by atoms with Crippen LogP contribution in [0.1, 0.15) is 28.9 Å². The highest BCUT2D eigenvalue weighted by molar-refractivity contribution is 6.04. The van der Waals surface area contributed by atoms with Crippen molar-refractivity contribution in [2.24, 2.45) is 0 Å². The van der Waals surface area contributed by atoms with Crippen LogP contribution in [-0.4, -0.2) is 41.9 Å². The molecule has 1 amide bonds. The Bertz CT molecular complexity index is 946. The van der Waals surface area contributed by atoms with Gasteiger partial charge in [0.05, 0.1) is 6.54 Å². The third-order valence-corrected chi connectivity index (χ3v) is 4.62. The second-order valence-electron chi connectivity index (χ2n) is 6.72. The first-order valence-corrected chi connectivity index (χ1v) is 9.06. The van der Waals surface area contributed by atoms with Gasteiger partial charge in [-0.3, -0.25) is 9.69 Å². The highest BCUT2D eigenvalue weighted by Crippen LogP contribution is 2.28. The number of carbonyl (C=O) groups is 1. The molecule has 2 heterocycles. The lowest BCUT2D eigenvalue weighted by atomic mass is 10.0. The van der Waals surface area contributed by atoms with Crippen molar-refractivity contribution in [2.45, 2.75) is 19.3 Å². The van der Waals surface area contributed by atoms with Crippen molar-refractivity contribution in [1.82, 2.24) is 9.88 Å². The predicted octanol–water partition coefficient (Wildman–Crippen LogP) is 4.79. The van der Waals surface area contributed by atoms with Gasteiger partial charge in [-0.2, -0.15) is 0 Å². The van der Waals surface area contributed by atoms with Crippen LogP contribution in [0.3, 0.4) is 0 Å². The molecular formula is C20H17F6N3O. The Morgan fingerprint density at radius 2 is 1.73 bits per heavy atom. The number of hydrogen-bond acceptors (Lipinski definition) is 3. The molecule has 1 N–H and O–H groups in total. The predicted molar refractivity (Wildman–Crippen MR) is 98.2 cm³/mol. The zero-order chi connectivity index (χ0) is 21.8. The average molecular weight is 429 g/mol. The van der Waals surface area contributed by atoms with Gasteiger partial charge in [-0.15, -0.1) is 0 Å². The number of nitrogens with one attached hydrogen (secondary N) is 1. The van der Waals surface area contributed by atoms with Crippen LogP contribution < -0.4 is 5.32 Å². The molecule has 1 aromatic carbocycles. The van der Waals surface area contributed by atoms with Crippen LogP contribution in [0.15, 0.2) is 35.9 Å². The molecule has 0 saturated carbocycles. The molecule has 0 aliphatic carbocycles. The molecule has 2 aromatic rings. The molecule has 0 unspecified atom stereocenters. The fourth-order valence-electron chi connectivity index (χ4n) is 3.17. The van der Waals surface area contributed by atoms with E-state index < -0.39 is 41.2 Å². The molecule has 1 aliphatic rings. The minimum atomic E-state index is -2.46. The second kappa shape index (κ2) is 9.29. The van der Waals surface area contributed by atoms with E-state index in [1.807, 2.05) is 0 Å². The molecule has 1 aromatic heterocycles. The first-order valence-electron chi connectivity index (χ1n) is 9.06. The Labute approximate surface area is 168 Å². The van der Waals surface area contributed by atoms with Crippen molar-refractivity contribution in [3.05, 3.63) is 64.6 Å². The number of alkyl halides is 2. The summed E-state index contributed by atoms with van der Waals surface area (Å²) in [7, 11) is 0. The summed E-state index contributed by atoms with van der Waals surface area (Å²) in [5.41, 5.74) is -0.689. The summed E-state index contributed by atoms with van der Waals surface area (Å²) in [4.78, 5) is 17.6. The van der Waals surface area contributed by atoms with Gasteiger partial charge in [0.15, 0.2) is 0 Å². The molecule has 0 radical (unpaired) electrons. The molecule has 1 saturated heterocycles. The Kier molecular flexibility index (Phi) is 6.76. The number of halogens is 6. The third-order valence-electron chi connectivity index (χ3n) is 4.62. The fraction of sp³-hybridized carbons (Fsp3) is 0.300. The minimum absolute atomic E-state index is 0.106. The maximum Gasteiger partial charge on any atom is 0.262 e. The van der Waals surface area contributed by atoms with E-state index in [1.165, 1.54) is 23.1 Å². The Morgan fingerprint density at radius 1 is 1.10 bits per heavy atom. The Hall–Kier alpha value is -2.88. The number of carbonyl (C=O) groups excluding carboxylic acids is 1. The number of piperidine rings is 1. The lowest BCUT2D eigenvalue weighted by molar-refractivity contribution is 0.0844. The molecule has 1 aliphatic heterocycles. The van der Waals surface area contributed by atoms with Gasteiger partial charge in [0.25, 0.3) is 12.3 Å². The van der Waals surface area contributed by atoms with Gasteiger partial charge in [0.2, 0.25) is 0 Å². The average Bonchev–Trinajstić information content (AvgIpc) is 2.67. The number of hydrogen-bond donors (Lipinski definition) is 1. The fourth-order valence-corrected chi connectivity index (χ4v) is 3.17. The van der Waals surface area contributed by atoms with Crippen molar-refractivity contribution in [3.8, 4) is 0 Å². The molecule has 10 heteroatoms. The van der Waals surface area contributed by atoms with Crippen LogP contribution in [0, 0.1) is 17.5 Å². The van der Waals surface area contributed by atoms with E-state index in [1.54, 1.807) is 0 Å². The third kappa shape index (κ3) is 5.18. The number of anilines is 1. The van der Waals surface area contributed by atoms with E-state index in [-0.39, 0.29) is 44.0 Å². The summed E-state index contributed by atoms with van der Waals surface area (Å²) in [6, 6.07) is 4.77. The van der Waals surface area contributed by atoms with Crippen molar-refractivity contribution in [2.75, 3.05) is 25.0 Å². The van der Waals surface area contributed by atoms with Gasteiger partial charge in [-0.1, -0.05) is 6.07 Å². The lowest BCUT2D eigenvalue weighted by Gasteiger charge is -2.28. The summed E-state index contributed by atoms with van der Waals surface area (Å²) < 4.78 is 80.2. The zero-order valence-corrected chi connectivity index (χ0v) is 15.6. The lowest BCUT2D eigenvalue weighted by Crippen LogP contribution is -2.34. The number of aromatic nitrogens is 1. The quantitative estimate of drug-likeness (QED) is 0.695. The van der Waals surface area contributed by atoms with Gasteiger partial charge in [-0.05, 0) is 30.5 Å². The molecular weight excluding hydrogens is 412 g/mol. The molecule has 0 atom stereocenters. The number of pyridine rings is 1. The standard InChI is InChI=1S/C20H17F6N3O/c21-12-8-13(22)18(14(23)9-12)20(30)28-17-3-1-2-15(27-17)19(26)11-4-6-29(7-5-11)10-16(24)25/h1-3,8-9,16H,4-7,10H2,(H,27,28,30). The van der Waals surface area contributed by atoms with Gasteiger partial charge in [0, 0.05) is 25.2 Å². The van der Waals surface area contributed by atoms with Gasteiger partial charge in [0.1, 0.15) is 40.4 Å². The highest BCUT2D eigenvalue weighted by atomic mass is 19.3. The molecule has 160 valence electrons. The molecule has 0 spiro atoms. The van der Waals surface area contributed by atoms with E-state index in [4.69, 9.17) is 0 Å². The van der Waals surface area contributed by atoms with Gasteiger partial charge < -0.3 is 5.32 Å². The Balaban J connectivity index is 1.74. The van der Waals surface area contributed by atoms with Crippen LogP contribution in [0.2, 0.25) is 0 Å². The summed E-state index contributed by atoms with van der Waals surface area (Å²) in [5.74, 6) is -5.94. The van der Waals surface area contributed by atoms with E-state index in [0.717, 1.165) is 0 Å². The highest BCUT2D eigenvalue weighted by Gasteiger charge is 2.22. The van der Waals surface area contributed by atoms with E-state index in [9.17, 15) is 31.1 Å². The van der Waals surface area contributed by atoms with Crippen LogP contribution in [0.4, 0.5) is 32.2 Å². The van der Waals surface area contributed by atoms with Crippen LogP contribution in [-0.2, 0) is 0 Å². The van der Waals surface area contributed by atoms with E-state index >= 15 is 0 Å². The normalized spacial score (nSPS) is 14.8. The molecule has 3 rings (SSSR count). The first-order chi connectivity index (χ1) is 14.2. The zero-order valence-electron chi connectivity index (χ0n) is 15.6. The van der Waals surface area contributed by atoms with Gasteiger partial charge in [-0.25, -0.2) is 31.3 Å². The van der Waals surface area contributed by atoms with Crippen molar-refractivity contribution in [1.29, 1.82) is 0 Å². The monoisotopic (exact) mass is 429 g/mol. The molecule has 1 fully saturated rings. The number of nitrogens with zero attached hydrogens (tertiary/aromatic N) is 2. The van der Waals surface area contributed by atoms with Gasteiger partial charge >= 0.3 is 0 Å². The maximum atomic E-state index is 14.8. The molecule has 30 heavy (non-hydrogen) atoms. The SMILES string of the molecule is O=C(Nc1cccc(C(F)=C2CCN(CC(F)F)CC2)n1)c1c(F)cc(F)cc1F. The maximum absolute atomic E-state index is 14.8. The first kappa shape index (κ1) is 21.8. The minimum Gasteiger partial charge on any atom is -0.306 e. The number of likely N-dealkylation sites (tertiary alicyclic amines) is 1. The van der Waals surface area contributed by atoms with Crippen molar-refractivity contribution in [3.63, 3.8) is 0 Å². The smallest absolute Gasteiger partial charge is 0.262 e. The van der Waals surface area contributed by atoms with E-state index in [0.29, 0.717) is 17.7 Å². The summed E-state index contributed by atoms with van der Waals surface area (Å²) in [6.07, 6.45) is -1.95. The topological polar surface area (TPSA) is 45.2 Å². The van der Waals surface area contributed by atoms with E-state index in [2.05, 4.69) is 10.3 Å². The number of benzene rings is 1. The summed E-state index contributed by atoms with van der Waals surface area (Å²) in [5, 5.41) is 2.15. The number of rotatable bonds is 5. The van der Waals surface area contributed by atoms with Crippen LogP contribution >= 0.6 is 0 Å². The molecule has 4 nitrogen and oxygen atoms in total. The van der Waals surface area contributed by atoms with Crippen molar-refractivity contribution >= 4 is 17.6 Å². The number of amides is 1. The summed E-state index contributed by atoms with van der Waals surface area (Å²) >= 11 is 0. The summed E-state index contributed by atoms with van der Waals surface area (Å²) in [6.45, 7) is 0.199. The Morgan fingerprint density at radius 3 is 2.33 bits per heavy atom. The van der Waals surface area contributed by atoms with Crippen LogP contribution in [0.5, 0.6) is 0 Å². The molecule has 0 bridgehead atoms. The second-order valence-corrected chi connectivity index (χ2v) is 6.72. The van der Waals surface area contributed by atoms with Crippen LogP contribution in [0.25, 0.3) is 5.83 Å². The largest absolute Gasteiger partial charge is 0.306 e. The van der Waals surface area contributed by atoms with Crippen molar-refractivity contribution < 1.29 is 31.1 Å².